The molecule has 2 aliphatic carbocycles. The third-order valence-electron chi connectivity index (χ3n) is 4.75. The molecular weight excluding hydrogens is 293 g/mol. The van der Waals surface area contributed by atoms with Crippen LogP contribution in [0.4, 0.5) is 4.39 Å². The van der Waals surface area contributed by atoms with Crippen molar-refractivity contribution < 1.29 is 4.39 Å². The fraction of sp³-hybridized carbons (Fsp3) is 0.600. The monoisotopic (exact) mass is 311 g/mol. The first kappa shape index (κ1) is 12.6. The Morgan fingerprint density at radius 3 is 2.72 bits per heavy atom. The van der Waals surface area contributed by atoms with Crippen LogP contribution in [0.2, 0.25) is 0 Å². The molecule has 1 nitrogen and oxygen atoms in total. The van der Waals surface area contributed by atoms with E-state index in [0.29, 0.717) is 0 Å². The molecular formula is C15H19BrFN. The first-order valence-electron chi connectivity index (χ1n) is 6.83. The van der Waals surface area contributed by atoms with Gasteiger partial charge < -0.3 is 5.73 Å². The zero-order valence-electron chi connectivity index (χ0n) is 10.4. The van der Waals surface area contributed by atoms with E-state index in [1.54, 1.807) is 6.07 Å². The second-order valence-corrected chi connectivity index (χ2v) is 6.90. The largest absolute Gasteiger partial charge is 0.324 e. The smallest absolute Gasteiger partial charge is 0.124 e. The molecule has 0 radical (unpaired) electrons. The molecule has 2 saturated carbocycles. The summed E-state index contributed by atoms with van der Waals surface area (Å²) in [4.78, 5) is 0. The van der Waals surface area contributed by atoms with Crippen molar-refractivity contribution in [2.75, 3.05) is 0 Å². The predicted molar refractivity (Wildman–Crippen MR) is 74.6 cm³/mol. The van der Waals surface area contributed by atoms with Gasteiger partial charge in [-0.3, -0.25) is 0 Å². The number of hydrogen-bond acceptors (Lipinski definition) is 1. The lowest BCUT2D eigenvalue weighted by atomic mass is 9.83. The molecule has 2 bridgehead atoms. The summed E-state index contributed by atoms with van der Waals surface area (Å²) in [5.74, 6) is 2.40. The van der Waals surface area contributed by atoms with E-state index < -0.39 is 0 Å². The van der Waals surface area contributed by atoms with Crippen molar-refractivity contribution in [1.82, 2.24) is 0 Å². The van der Waals surface area contributed by atoms with Gasteiger partial charge in [-0.25, -0.2) is 4.39 Å². The number of hydrogen-bond donors (Lipinski definition) is 1. The Labute approximate surface area is 116 Å². The minimum atomic E-state index is -0.206. The van der Waals surface area contributed by atoms with E-state index in [1.165, 1.54) is 31.7 Å². The lowest BCUT2D eigenvalue weighted by Crippen LogP contribution is -2.19. The van der Waals surface area contributed by atoms with Crippen molar-refractivity contribution in [2.45, 2.75) is 38.1 Å². The van der Waals surface area contributed by atoms with Gasteiger partial charge >= 0.3 is 0 Å². The summed E-state index contributed by atoms with van der Waals surface area (Å²) in [7, 11) is 0. The fourth-order valence-electron chi connectivity index (χ4n) is 3.92. The van der Waals surface area contributed by atoms with Crippen LogP contribution < -0.4 is 5.73 Å². The maximum absolute atomic E-state index is 13.4. The van der Waals surface area contributed by atoms with Crippen LogP contribution in [0.1, 0.15) is 43.7 Å². The fourth-order valence-corrected chi connectivity index (χ4v) is 4.40. The number of benzene rings is 1. The molecule has 3 heteroatoms. The number of fused-ring (bicyclic) bond motifs is 2. The van der Waals surface area contributed by atoms with Crippen molar-refractivity contribution >= 4 is 15.9 Å². The van der Waals surface area contributed by atoms with Crippen LogP contribution in [0, 0.1) is 23.6 Å². The predicted octanol–water partition coefficient (Wildman–Crippen LogP) is 4.41. The van der Waals surface area contributed by atoms with E-state index in [4.69, 9.17) is 5.73 Å². The summed E-state index contributed by atoms with van der Waals surface area (Å²) in [6, 6.07) is 4.97. The molecule has 1 aromatic carbocycles. The second-order valence-electron chi connectivity index (χ2n) is 5.98. The Morgan fingerprint density at radius 1 is 1.28 bits per heavy atom. The van der Waals surface area contributed by atoms with Crippen LogP contribution in [0.25, 0.3) is 0 Å². The third-order valence-corrected chi connectivity index (χ3v) is 5.21. The van der Waals surface area contributed by atoms with E-state index in [2.05, 4.69) is 15.9 Å². The third kappa shape index (κ3) is 2.48. The molecule has 0 aliphatic heterocycles. The molecule has 4 unspecified atom stereocenters. The number of halogens is 2. The van der Waals surface area contributed by atoms with Crippen molar-refractivity contribution in [3.8, 4) is 0 Å². The lowest BCUT2D eigenvalue weighted by molar-refractivity contribution is 0.296. The van der Waals surface area contributed by atoms with E-state index in [-0.39, 0.29) is 11.9 Å². The molecule has 18 heavy (non-hydrogen) atoms. The minimum absolute atomic E-state index is 0.0265. The van der Waals surface area contributed by atoms with Crippen LogP contribution in [-0.4, -0.2) is 0 Å². The molecule has 2 fully saturated rings. The van der Waals surface area contributed by atoms with Crippen molar-refractivity contribution in [3.05, 3.63) is 34.1 Å². The van der Waals surface area contributed by atoms with Gasteiger partial charge in [0.05, 0.1) is 0 Å². The minimum Gasteiger partial charge on any atom is -0.324 e. The van der Waals surface area contributed by atoms with Crippen LogP contribution in [0.15, 0.2) is 22.7 Å². The Balaban J connectivity index is 1.69. The SMILES string of the molecule is NC(CC1CC2CCC1C2)c1cc(F)cc(Br)c1. The van der Waals surface area contributed by atoms with Gasteiger partial charge in [-0.15, -0.1) is 0 Å². The first-order chi connectivity index (χ1) is 8.61. The quantitative estimate of drug-likeness (QED) is 0.879. The summed E-state index contributed by atoms with van der Waals surface area (Å²) in [5.41, 5.74) is 7.18. The molecule has 98 valence electrons. The maximum atomic E-state index is 13.4. The zero-order chi connectivity index (χ0) is 12.7. The van der Waals surface area contributed by atoms with Crippen LogP contribution in [0.5, 0.6) is 0 Å². The molecule has 0 saturated heterocycles. The number of nitrogens with two attached hydrogens (primary N) is 1. The average molecular weight is 312 g/mol. The molecule has 2 aliphatic rings. The molecule has 1 aromatic rings. The Bertz CT molecular complexity index is 428. The van der Waals surface area contributed by atoms with Crippen LogP contribution in [-0.2, 0) is 0 Å². The van der Waals surface area contributed by atoms with Gasteiger partial charge in [0.15, 0.2) is 0 Å². The highest BCUT2D eigenvalue weighted by atomic mass is 79.9. The molecule has 2 N–H and O–H groups in total. The summed E-state index contributed by atoms with van der Waals surface area (Å²) >= 11 is 3.33. The van der Waals surface area contributed by atoms with Gasteiger partial charge in [0.1, 0.15) is 5.82 Å². The molecule has 0 heterocycles. The van der Waals surface area contributed by atoms with Gasteiger partial charge in [-0.1, -0.05) is 22.4 Å². The molecule has 3 rings (SSSR count). The normalized spacial score (nSPS) is 31.8. The average Bonchev–Trinajstić information content (AvgIpc) is 2.89. The van der Waals surface area contributed by atoms with Gasteiger partial charge in [0, 0.05) is 10.5 Å². The summed E-state index contributed by atoms with van der Waals surface area (Å²) in [6.45, 7) is 0. The van der Waals surface area contributed by atoms with E-state index in [0.717, 1.165) is 34.2 Å². The van der Waals surface area contributed by atoms with E-state index >= 15 is 0 Å². The topological polar surface area (TPSA) is 26.0 Å². The second kappa shape index (κ2) is 4.93. The van der Waals surface area contributed by atoms with Crippen LogP contribution >= 0.6 is 15.9 Å². The summed E-state index contributed by atoms with van der Waals surface area (Å²) in [5, 5.41) is 0. The highest BCUT2D eigenvalue weighted by Crippen LogP contribution is 2.50. The molecule has 0 spiro atoms. The van der Waals surface area contributed by atoms with Crippen molar-refractivity contribution in [3.63, 3.8) is 0 Å². The highest BCUT2D eigenvalue weighted by Gasteiger charge is 2.39. The van der Waals surface area contributed by atoms with Crippen molar-refractivity contribution in [2.24, 2.45) is 23.5 Å². The highest BCUT2D eigenvalue weighted by molar-refractivity contribution is 9.10. The van der Waals surface area contributed by atoms with E-state index in [9.17, 15) is 4.39 Å². The number of rotatable bonds is 3. The van der Waals surface area contributed by atoms with Crippen molar-refractivity contribution in [1.29, 1.82) is 0 Å². The standard InChI is InChI=1S/C15H19BrFN/c16-13-5-12(6-14(17)8-13)15(18)7-11-4-9-1-2-10(11)3-9/h5-6,8-11,15H,1-4,7,18H2. The first-order valence-corrected chi connectivity index (χ1v) is 7.62. The molecule has 4 atom stereocenters. The molecule has 0 amide bonds. The van der Waals surface area contributed by atoms with Gasteiger partial charge in [0.25, 0.3) is 0 Å². The van der Waals surface area contributed by atoms with E-state index in [1.807, 2.05) is 6.07 Å². The maximum Gasteiger partial charge on any atom is 0.124 e. The Hall–Kier alpha value is -0.410. The van der Waals surface area contributed by atoms with Crippen LogP contribution in [0.3, 0.4) is 0 Å². The van der Waals surface area contributed by atoms with Gasteiger partial charge in [-0.2, -0.15) is 0 Å². The molecule has 0 aromatic heterocycles. The summed E-state index contributed by atoms with van der Waals surface area (Å²) < 4.78 is 14.1. The Kier molecular flexibility index (Phi) is 3.46. The zero-order valence-corrected chi connectivity index (χ0v) is 12.0. The van der Waals surface area contributed by atoms with Gasteiger partial charge in [0.2, 0.25) is 0 Å². The Morgan fingerprint density at radius 2 is 2.11 bits per heavy atom. The van der Waals surface area contributed by atoms with Gasteiger partial charge in [-0.05, 0) is 67.2 Å². The summed E-state index contributed by atoms with van der Waals surface area (Å²) in [6.07, 6.45) is 6.56. The lowest BCUT2D eigenvalue weighted by Gasteiger charge is -2.25.